The van der Waals surface area contributed by atoms with E-state index in [9.17, 15) is 5.11 Å². The van der Waals surface area contributed by atoms with Gasteiger partial charge >= 0.3 is 0 Å². The number of nitrogens with zero attached hydrogens (tertiary/aromatic N) is 3. The summed E-state index contributed by atoms with van der Waals surface area (Å²) in [5, 5.41) is 12.8. The number of hydrogen-bond acceptors (Lipinski definition) is 3. The third kappa shape index (κ3) is 9.86. The van der Waals surface area contributed by atoms with Crippen LogP contribution in [0.2, 0.25) is 0 Å². The molecule has 0 saturated heterocycles. The van der Waals surface area contributed by atoms with Crippen LogP contribution in [0.5, 0.6) is 5.75 Å². The second-order valence-corrected chi connectivity index (χ2v) is 22.7. The number of pyridine rings is 1. The normalized spacial score (nSPS) is 13.1. The van der Waals surface area contributed by atoms with Gasteiger partial charge < -0.3 is 5.11 Å². The van der Waals surface area contributed by atoms with Crippen LogP contribution in [0.15, 0.2) is 158 Å². The average Bonchev–Trinajstić information content (AvgIpc) is 3.72. The molecule has 9 aromatic rings. The Morgan fingerprint density at radius 2 is 1.10 bits per heavy atom. The number of rotatable bonds is 7. The van der Waals surface area contributed by atoms with Crippen molar-refractivity contribution in [2.45, 2.75) is 112 Å². The molecule has 1 N–H and O–H groups in total. The maximum Gasteiger partial charge on any atom is 0.148 e. The van der Waals surface area contributed by atoms with Crippen molar-refractivity contribution in [2.75, 3.05) is 0 Å². The zero-order chi connectivity index (χ0) is 51.7. The summed E-state index contributed by atoms with van der Waals surface area (Å²) in [6.45, 7) is 23.7. The van der Waals surface area contributed by atoms with Crippen LogP contribution in [0.3, 0.4) is 0 Å². The molecule has 0 atom stereocenters. The Morgan fingerprint density at radius 1 is 0.500 bits per heavy atom. The van der Waals surface area contributed by atoms with Gasteiger partial charge in [0.2, 0.25) is 0 Å². The molecule has 70 heavy (non-hydrogen) atoms. The summed E-state index contributed by atoms with van der Waals surface area (Å²) in [6.07, 6.45) is 1.86. The van der Waals surface area contributed by atoms with Gasteiger partial charge in [0.1, 0.15) is 11.6 Å². The van der Waals surface area contributed by atoms with Crippen LogP contribution in [0.25, 0.3) is 83.9 Å². The number of fused-ring (bicyclic) bond motifs is 1. The molecule has 7 aromatic carbocycles. The zero-order valence-electron chi connectivity index (χ0n) is 45.6. The number of aryl methyl sites for hydroxylation is 1. The first kappa shape index (κ1) is 46.1. The van der Waals surface area contributed by atoms with Crippen molar-refractivity contribution < 1.29 is 30.3 Å². The molecule has 0 amide bonds. The van der Waals surface area contributed by atoms with Gasteiger partial charge in [0.05, 0.1) is 22.3 Å². The summed E-state index contributed by atoms with van der Waals surface area (Å²) in [5.41, 5.74) is 14.7. The van der Waals surface area contributed by atoms with E-state index in [1.54, 1.807) is 0 Å². The second kappa shape index (κ2) is 18.8. The van der Waals surface area contributed by atoms with E-state index in [0.29, 0.717) is 22.5 Å². The van der Waals surface area contributed by atoms with E-state index >= 15 is 0 Å². The minimum atomic E-state index is -2.45. The third-order valence-electron chi connectivity index (χ3n) is 13.4. The van der Waals surface area contributed by atoms with Crippen molar-refractivity contribution >= 4 is 11.0 Å². The minimum absolute atomic E-state index is 0. The van der Waals surface area contributed by atoms with Gasteiger partial charge in [0.15, 0.2) is 0 Å². The molecular formula is C65H66N3OPt-. The van der Waals surface area contributed by atoms with Gasteiger partial charge in [-0.15, -0.1) is 29.3 Å². The molecule has 0 fully saturated rings. The fourth-order valence-electron chi connectivity index (χ4n) is 9.24. The quantitative estimate of drug-likeness (QED) is 0.162. The van der Waals surface area contributed by atoms with Gasteiger partial charge in [-0.3, -0.25) is 9.55 Å². The molecule has 0 saturated carbocycles. The number of phenolic OH excluding ortho intramolecular Hbond substituents is 1. The van der Waals surface area contributed by atoms with Crippen molar-refractivity contribution in [2.24, 2.45) is 0 Å². The summed E-state index contributed by atoms with van der Waals surface area (Å²) >= 11 is 0. The van der Waals surface area contributed by atoms with Crippen LogP contribution < -0.4 is 0 Å². The molecule has 0 aliphatic rings. The topological polar surface area (TPSA) is 50.9 Å². The first-order chi connectivity index (χ1) is 33.8. The van der Waals surface area contributed by atoms with E-state index in [-0.39, 0.29) is 48.6 Å². The summed E-state index contributed by atoms with van der Waals surface area (Å²) in [4.78, 5) is 10.6. The summed E-state index contributed by atoms with van der Waals surface area (Å²) in [5.74, 6) is 0.684. The number of hydrogen-bond donors (Lipinski definition) is 1. The molecule has 0 radical (unpaired) electrons. The van der Waals surface area contributed by atoms with Gasteiger partial charge in [0, 0.05) is 48.2 Å². The first-order valence-corrected chi connectivity index (χ1v) is 24.1. The largest absolute Gasteiger partial charge is 0.507 e. The van der Waals surface area contributed by atoms with E-state index in [1.807, 2.05) is 72.9 Å². The summed E-state index contributed by atoms with van der Waals surface area (Å²) < 4.78 is 29.1. The maximum atomic E-state index is 12.8. The number of phenols is 1. The van der Waals surface area contributed by atoms with Crippen molar-refractivity contribution in [3.63, 3.8) is 0 Å². The van der Waals surface area contributed by atoms with Crippen molar-refractivity contribution in [3.8, 4) is 78.6 Å². The van der Waals surface area contributed by atoms with Gasteiger partial charge in [0.25, 0.3) is 0 Å². The molecule has 2 aromatic heterocycles. The molecule has 0 spiro atoms. The molecule has 358 valence electrons. The van der Waals surface area contributed by atoms with E-state index in [0.717, 1.165) is 83.7 Å². The predicted octanol–water partition coefficient (Wildman–Crippen LogP) is 17.4. The number of aromatic nitrogens is 3. The smallest absolute Gasteiger partial charge is 0.148 e. The van der Waals surface area contributed by atoms with Crippen LogP contribution in [0, 0.1) is 12.9 Å². The van der Waals surface area contributed by atoms with Crippen LogP contribution in [-0.2, 0) is 42.7 Å². The van der Waals surface area contributed by atoms with Crippen LogP contribution in [0.1, 0.15) is 115 Å². The molecule has 2 heterocycles. The van der Waals surface area contributed by atoms with E-state index in [2.05, 4.69) is 179 Å². The molecule has 0 aliphatic carbocycles. The van der Waals surface area contributed by atoms with Crippen molar-refractivity contribution in [1.82, 2.24) is 14.5 Å². The Labute approximate surface area is 435 Å². The van der Waals surface area contributed by atoms with Crippen molar-refractivity contribution in [1.29, 1.82) is 0 Å². The summed E-state index contributed by atoms with van der Waals surface area (Å²) in [6, 6.07) is 55.3. The molecule has 9 rings (SSSR count). The van der Waals surface area contributed by atoms with E-state index in [1.165, 1.54) is 0 Å². The standard InChI is InChI=1S/C65H66N3O.Pt/c1-41-33-53(44-27-29-48(30-28-44)62(2,3)4)58(40-52(41)43-23-18-15-19-24-43)68-57-26-20-25-51(59(57)67-61(68)54-38-50(64(8,9)10)39-55(60(54)69)65(11,12)13)46-34-47(36-49(35-46)63(5,6)7)56-37-45(31-32-66-56)42-21-16-14-17-22-42;/h14-33,35-40,69H,1-13H3;/q-1;/i1D3;. The number of imidazole rings is 1. The second-order valence-electron chi connectivity index (χ2n) is 22.7. The number of aromatic hydroxyl groups is 1. The zero-order valence-corrected chi connectivity index (χ0v) is 44.9. The Hall–Kier alpha value is -6.35. The fourth-order valence-corrected chi connectivity index (χ4v) is 9.24. The first-order valence-electron chi connectivity index (χ1n) is 25.6. The minimum Gasteiger partial charge on any atom is -0.507 e. The van der Waals surface area contributed by atoms with Crippen LogP contribution >= 0.6 is 0 Å². The molecule has 0 bridgehead atoms. The van der Waals surface area contributed by atoms with Gasteiger partial charge in [-0.25, -0.2) is 4.98 Å². The van der Waals surface area contributed by atoms with Crippen LogP contribution in [-0.4, -0.2) is 19.6 Å². The monoisotopic (exact) mass is 1100 g/mol. The number of benzene rings is 7. The van der Waals surface area contributed by atoms with Gasteiger partial charge in [-0.2, -0.15) is 0 Å². The average molecular weight is 1100 g/mol. The third-order valence-corrected chi connectivity index (χ3v) is 13.4. The Bertz CT molecular complexity index is 3470. The Kier molecular flexibility index (Phi) is 12.3. The Morgan fingerprint density at radius 3 is 1.71 bits per heavy atom. The fraction of sp³-hybridized carbons (Fsp3) is 0.262. The summed E-state index contributed by atoms with van der Waals surface area (Å²) in [7, 11) is 0. The predicted molar refractivity (Wildman–Crippen MR) is 292 cm³/mol. The van der Waals surface area contributed by atoms with E-state index in [4.69, 9.17) is 14.1 Å². The molecule has 5 heteroatoms. The van der Waals surface area contributed by atoms with Crippen molar-refractivity contribution in [3.05, 3.63) is 192 Å². The Balaban J connectivity index is 0.00000711. The van der Waals surface area contributed by atoms with Crippen LogP contribution in [0.4, 0.5) is 0 Å². The molecule has 4 nitrogen and oxygen atoms in total. The maximum absolute atomic E-state index is 12.8. The molecule has 0 aliphatic heterocycles. The van der Waals surface area contributed by atoms with E-state index < -0.39 is 12.3 Å². The van der Waals surface area contributed by atoms with Gasteiger partial charge in [-0.05, 0) is 103 Å². The SMILES string of the molecule is [2H]C([2H])([2H])c1cc(-c2ccc(C(C)(C)C)cc2)c(-n2c(-c3cc(C(C)(C)C)cc(C(C)(C)C)c3O)nc3c(-c4[c-]c(-c5cc(-c6ccccc6)ccn5)cc(C(C)(C)C)c4)cccc32)cc1-c1ccccc1.[Pt]. The molecule has 0 unspecified atom stereocenters. The molecular weight excluding hydrogens is 1030 g/mol. The van der Waals surface area contributed by atoms with Gasteiger partial charge in [-0.1, -0.05) is 203 Å². The number of para-hydroxylation sites is 1.